The molecule has 0 bridgehead atoms. The monoisotopic (exact) mass is 518 g/mol. The molecule has 1 aromatic heterocycles. The molecule has 190 valence electrons. The Balaban J connectivity index is 1.85. The Morgan fingerprint density at radius 1 is 1.14 bits per heavy atom. The number of methoxy groups -OCH3 is 2. The Morgan fingerprint density at radius 2 is 1.86 bits per heavy atom. The number of aliphatic hydroxyl groups is 1. The predicted octanol–water partition coefficient (Wildman–Crippen LogP) is 4.71. The molecule has 2 aromatic carbocycles. The van der Waals surface area contributed by atoms with E-state index in [1.807, 2.05) is 0 Å². The molecule has 10 heteroatoms. The van der Waals surface area contributed by atoms with Gasteiger partial charge in [-0.15, -0.1) is 0 Å². The standard InChI is InChI=1S/C26H25ClF2N2O5/c1-4-26(33,15-30-25(32)17-6-8-20(36-12-11-28)22(14-17)35-3)23-10-9-21(34-2)24(31-23)16-5-7-19(29)18(27)13-16/h4-10,13-14,33H,1,11-12,15H2,2-3H3,(H,30,32). The summed E-state index contributed by atoms with van der Waals surface area (Å²) in [5.41, 5.74) is -0.569. The van der Waals surface area contributed by atoms with E-state index < -0.39 is 24.0 Å². The van der Waals surface area contributed by atoms with E-state index in [1.54, 1.807) is 6.07 Å². The number of ether oxygens (including phenoxy) is 3. The van der Waals surface area contributed by atoms with Gasteiger partial charge < -0.3 is 24.6 Å². The van der Waals surface area contributed by atoms with Crippen molar-refractivity contribution >= 4 is 17.5 Å². The molecule has 1 heterocycles. The minimum atomic E-state index is -1.76. The average molecular weight is 519 g/mol. The van der Waals surface area contributed by atoms with Crippen LogP contribution in [0.25, 0.3) is 11.3 Å². The Bertz CT molecular complexity index is 1260. The lowest BCUT2D eigenvalue weighted by atomic mass is 9.97. The molecule has 7 nitrogen and oxygen atoms in total. The average Bonchev–Trinajstić information content (AvgIpc) is 2.91. The highest BCUT2D eigenvalue weighted by molar-refractivity contribution is 6.31. The topological polar surface area (TPSA) is 89.9 Å². The molecular weight excluding hydrogens is 494 g/mol. The van der Waals surface area contributed by atoms with E-state index in [1.165, 1.54) is 62.8 Å². The summed E-state index contributed by atoms with van der Waals surface area (Å²) in [6.07, 6.45) is 1.25. The highest BCUT2D eigenvalue weighted by atomic mass is 35.5. The van der Waals surface area contributed by atoms with E-state index in [2.05, 4.69) is 16.9 Å². The van der Waals surface area contributed by atoms with Gasteiger partial charge in [0, 0.05) is 11.1 Å². The fourth-order valence-corrected chi connectivity index (χ4v) is 3.54. The van der Waals surface area contributed by atoms with Crippen molar-refractivity contribution in [2.75, 3.05) is 34.0 Å². The minimum absolute atomic E-state index is 0.0930. The Morgan fingerprint density at radius 3 is 2.50 bits per heavy atom. The third-order valence-electron chi connectivity index (χ3n) is 5.33. The van der Waals surface area contributed by atoms with Gasteiger partial charge in [-0.2, -0.15) is 0 Å². The third-order valence-corrected chi connectivity index (χ3v) is 5.62. The van der Waals surface area contributed by atoms with Crippen molar-refractivity contribution in [1.82, 2.24) is 10.3 Å². The maximum absolute atomic E-state index is 13.7. The van der Waals surface area contributed by atoms with Crippen LogP contribution in [0.5, 0.6) is 17.2 Å². The van der Waals surface area contributed by atoms with Crippen LogP contribution in [0.4, 0.5) is 8.78 Å². The number of nitrogens with zero attached hydrogens (tertiary/aromatic N) is 1. The van der Waals surface area contributed by atoms with Crippen LogP contribution in [0, 0.1) is 5.82 Å². The van der Waals surface area contributed by atoms with Gasteiger partial charge in [0.1, 0.15) is 36.1 Å². The molecule has 1 amide bonds. The van der Waals surface area contributed by atoms with Crippen LogP contribution in [0.15, 0.2) is 61.2 Å². The lowest BCUT2D eigenvalue weighted by molar-refractivity contribution is 0.0721. The molecule has 3 aromatic rings. The van der Waals surface area contributed by atoms with Gasteiger partial charge in [-0.25, -0.2) is 13.8 Å². The normalized spacial score (nSPS) is 12.4. The van der Waals surface area contributed by atoms with Crippen molar-refractivity contribution in [1.29, 1.82) is 0 Å². The number of hydrogen-bond acceptors (Lipinski definition) is 6. The van der Waals surface area contributed by atoms with Gasteiger partial charge in [-0.3, -0.25) is 4.79 Å². The molecule has 0 aliphatic heterocycles. The summed E-state index contributed by atoms with van der Waals surface area (Å²) >= 11 is 5.93. The van der Waals surface area contributed by atoms with Crippen molar-refractivity contribution in [2.24, 2.45) is 0 Å². The Labute approximate surface area is 212 Å². The van der Waals surface area contributed by atoms with Crippen LogP contribution >= 0.6 is 11.6 Å². The molecule has 0 spiro atoms. The number of aromatic nitrogens is 1. The number of amides is 1. The van der Waals surface area contributed by atoms with E-state index in [9.17, 15) is 18.7 Å². The second-order valence-corrected chi connectivity index (χ2v) is 8.00. The van der Waals surface area contributed by atoms with Gasteiger partial charge in [0.05, 0.1) is 31.5 Å². The van der Waals surface area contributed by atoms with Crippen molar-refractivity contribution in [3.63, 3.8) is 0 Å². The van der Waals surface area contributed by atoms with Gasteiger partial charge in [-0.1, -0.05) is 24.3 Å². The lowest BCUT2D eigenvalue weighted by Gasteiger charge is -2.25. The summed E-state index contributed by atoms with van der Waals surface area (Å²) in [5.74, 6) is -0.164. The molecule has 0 aliphatic carbocycles. The third kappa shape index (κ3) is 5.92. The first-order chi connectivity index (χ1) is 17.3. The van der Waals surface area contributed by atoms with Crippen LogP contribution in [0.2, 0.25) is 5.02 Å². The summed E-state index contributed by atoms with van der Waals surface area (Å²) < 4.78 is 41.9. The fraction of sp³-hybridized carbons (Fsp3) is 0.231. The van der Waals surface area contributed by atoms with E-state index in [-0.39, 0.29) is 35.2 Å². The van der Waals surface area contributed by atoms with E-state index in [0.29, 0.717) is 22.8 Å². The van der Waals surface area contributed by atoms with Crippen molar-refractivity contribution in [2.45, 2.75) is 5.60 Å². The number of pyridine rings is 1. The zero-order valence-corrected chi connectivity index (χ0v) is 20.4. The highest BCUT2D eigenvalue weighted by Crippen LogP contribution is 2.33. The van der Waals surface area contributed by atoms with Crippen LogP contribution < -0.4 is 19.5 Å². The molecule has 0 saturated heterocycles. The van der Waals surface area contributed by atoms with Crippen LogP contribution in [-0.4, -0.2) is 50.0 Å². The zero-order chi connectivity index (χ0) is 26.3. The summed E-state index contributed by atoms with van der Waals surface area (Å²) in [6, 6.07) is 11.6. The number of halogens is 3. The van der Waals surface area contributed by atoms with E-state index in [4.69, 9.17) is 25.8 Å². The number of alkyl halides is 1. The van der Waals surface area contributed by atoms with Crippen LogP contribution in [0.3, 0.4) is 0 Å². The first kappa shape index (κ1) is 26.9. The fourth-order valence-electron chi connectivity index (χ4n) is 3.36. The Hall–Kier alpha value is -3.69. The molecule has 2 N–H and O–H groups in total. The van der Waals surface area contributed by atoms with Crippen molar-refractivity contribution in [3.8, 4) is 28.5 Å². The lowest BCUT2D eigenvalue weighted by Crippen LogP contribution is -2.40. The number of hydrogen-bond donors (Lipinski definition) is 2. The zero-order valence-electron chi connectivity index (χ0n) is 19.7. The largest absolute Gasteiger partial charge is 0.494 e. The number of carbonyl (C=O) groups is 1. The molecule has 0 aliphatic rings. The van der Waals surface area contributed by atoms with Crippen LogP contribution in [-0.2, 0) is 5.60 Å². The van der Waals surface area contributed by atoms with Crippen molar-refractivity contribution < 1.29 is 32.9 Å². The van der Waals surface area contributed by atoms with E-state index in [0.717, 1.165) is 0 Å². The molecule has 3 rings (SSSR count). The van der Waals surface area contributed by atoms with Crippen LogP contribution in [0.1, 0.15) is 16.1 Å². The highest BCUT2D eigenvalue weighted by Gasteiger charge is 2.29. The molecular formula is C26H25ClF2N2O5. The summed E-state index contributed by atoms with van der Waals surface area (Å²) in [5, 5.41) is 13.8. The number of benzene rings is 2. The number of nitrogens with one attached hydrogen (secondary N) is 1. The molecule has 0 radical (unpaired) electrons. The maximum Gasteiger partial charge on any atom is 0.251 e. The number of rotatable bonds is 11. The molecule has 0 fully saturated rings. The smallest absolute Gasteiger partial charge is 0.251 e. The summed E-state index contributed by atoms with van der Waals surface area (Å²) in [4.78, 5) is 17.3. The summed E-state index contributed by atoms with van der Waals surface area (Å²) in [7, 11) is 2.85. The minimum Gasteiger partial charge on any atom is -0.494 e. The first-order valence-electron chi connectivity index (χ1n) is 10.8. The first-order valence-corrected chi connectivity index (χ1v) is 11.2. The number of carbonyl (C=O) groups excluding carboxylic acids is 1. The van der Waals surface area contributed by atoms with Gasteiger partial charge in [-0.05, 0) is 48.5 Å². The van der Waals surface area contributed by atoms with Gasteiger partial charge in [0.25, 0.3) is 5.91 Å². The molecule has 36 heavy (non-hydrogen) atoms. The predicted molar refractivity (Wildman–Crippen MR) is 132 cm³/mol. The molecule has 1 unspecified atom stereocenters. The van der Waals surface area contributed by atoms with Gasteiger partial charge >= 0.3 is 0 Å². The van der Waals surface area contributed by atoms with E-state index >= 15 is 0 Å². The molecule has 1 atom stereocenters. The quantitative estimate of drug-likeness (QED) is 0.357. The maximum atomic E-state index is 13.7. The Kier molecular flexibility index (Phi) is 8.84. The second kappa shape index (κ2) is 11.8. The second-order valence-electron chi connectivity index (χ2n) is 7.59. The molecule has 0 saturated carbocycles. The SMILES string of the molecule is C=CC(O)(CNC(=O)c1ccc(OCCF)c(OC)c1)c1ccc(OC)c(-c2ccc(F)c(Cl)c2)n1. The summed E-state index contributed by atoms with van der Waals surface area (Å²) in [6.45, 7) is 2.62. The van der Waals surface area contributed by atoms with Crippen molar-refractivity contribution in [3.05, 3.63) is 83.3 Å². The van der Waals surface area contributed by atoms with Gasteiger partial charge in [0.2, 0.25) is 0 Å². The van der Waals surface area contributed by atoms with Gasteiger partial charge in [0.15, 0.2) is 11.5 Å².